The number of aromatic nitrogens is 1. The molecule has 0 fully saturated rings. The highest BCUT2D eigenvalue weighted by Gasteiger charge is 2.22. The fourth-order valence-corrected chi connectivity index (χ4v) is 2.62. The van der Waals surface area contributed by atoms with Crippen LogP contribution in [0.3, 0.4) is 0 Å². The van der Waals surface area contributed by atoms with Crippen molar-refractivity contribution in [3.8, 4) is 0 Å². The Balaban J connectivity index is 0.000000138. The van der Waals surface area contributed by atoms with Crippen LogP contribution in [0, 0.1) is 12.7 Å². The summed E-state index contributed by atoms with van der Waals surface area (Å²) in [5, 5.41) is 0.588. The number of aliphatic imine (C=N–C) groups is 1. The standard InChI is InChI=1S/C8H9NS.C6H6FN/c1-6-2-3-7-8(4-6)10-5-9-7;1-5-2-3-6(7)4-8-5/h2-5,7-8H,1H3;2-4H,1H3. The zero-order valence-corrected chi connectivity index (χ0v) is 11.2. The third-order valence-corrected chi connectivity index (χ3v) is 3.62. The first-order chi connectivity index (χ1) is 8.65. The molecule has 0 amide bonds. The van der Waals surface area contributed by atoms with Crippen LogP contribution in [-0.4, -0.2) is 21.8 Å². The first kappa shape index (κ1) is 13.0. The molecule has 18 heavy (non-hydrogen) atoms. The van der Waals surface area contributed by atoms with Crippen LogP contribution in [0.5, 0.6) is 0 Å². The summed E-state index contributed by atoms with van der Waals surface area (Å²) in [7, 11) is 0. The third kappa shape index (κ3) is 3.53. The van der Waals surface area contributed by atoms with Crippen LogP contribution in [0.1, 0.15) is 12.6 Å². The maximum Gasteiger partial charge on any atom is 0.141 e. The molecule has 0 spiro atoms. The van der Waals surface area contributed by atoms with E-state index in [0.29, 0.717) is 11.3 Å². The van der Waals surface area contributed by atoms with Gasteiger partial charge in [-0.1, -0.05) is 23.8 Å². The van der Waals surface area contributed by atoms with Gasteiger partial charge in [-0.2, -0.15) is 0 Å². The van der Waals surface area contributed by atoms with Crippen molar-refractivity contribution in [2.45, 2.75) is 25.1 Å². The molecule has 1 aromatic heterocycles. The minimum absolute atomic E-state index is 0.282. The van der Waals surface area contributed by atoms with Crippen molar-refractivity contribution in [3.63, 3.8) is 0 Å². The molecule has 0 bridgehead atoms. The Labute approximate surface area is 111 Å². The second-order valence-electron chi connectivity index (χ2n) is 4.23. The molecule has 2 heterocycles. The number of allylic oxidation sites excluding steroid dienone is 2. The number of halogens is 1. The third-order valence-electron chi connectivity index (χ3n) is 2.65. The van der Waals surface area contributed by atoms with E-state index in [9.17, 15) is 4.39 Å². The predicted octanol–water partition coefficient (Wildman–Crippen LogP) is 3.54. The largest absolute Gasteiger partial charge is 0.277 e. The Morgan fingerprint density at radius 1 is 1.28 bits per heavy atom. The minimum atomic E-state index is -0.282. The summed E-state index contributed by atoms with van der Waals surface area (Å²) in [5.41, 5.74) is 4.15. The smallest absolute Gasteiger partial charge is 0.141 e. The molecule has 4 heteroatoms. The highest BCUT2D eigenvalue weighted by molar-refractivity contribution is 8.13. The molecule has 94 valence electrons. The monoisotopic (exact) mass is 262 g/mol. The number of aryl methyl sites for hydroxylation is 1. The molecule has 2 nitrogen and oxygen atoms in total. The molecule has 2 aliphatic rings. The maximum absolute atomic E-state index is 12.0. The molecule has 0 saturated carbocycles. The molecule has 0 N–H and O–H groups in total. The molecule has 0 aromatic carbocycles. The van der Waals surface area contributed by atoms with Crippen LogP contribution >= 0.6 is 11.8 Å². The minimum Gasteiger partial charge on any atom is -0.277 e. The molecule has 1 aromatic rings. The lowest BCUT2D eigenvalue weighted by atomic mass is 10.0. The van der Waals surface area contributed by atoms with Gasteiger partial charge in [-0.25, -0.2) is 4.39 Å². The average Bonchev–Trinajstić information content (AvgIpc) is 2.81. The van der Waals surface area contributed by atoms with Gasteiger partial charge < -0.3 is 0 Å². The fourth-order valence-electron chi connectivity index (χ4n) is 1.65. The van der Waals surface area contributed by atoms with Crippen molar-refractivity contribution in [2.24, 2.45) is 4.99 Å². The van der Waals surface area contributed by atoms with Gasteiger partial charge in [0.2, 0.25) is 0 Å². The van der Waals surface area contributed by atoms with Gasteiger partial charge in [-0.15, -0.1) is 11.8 Å². The van der Waals surface area contributed by atoms with E-state index < -0.39 is 0 Å². The number of pyridine rings is 1. The zero-order chi connectivity index (χ0) is 13.0. The quantitative estimate of drug-likeness (QED) is 0.714. The summed E-state index contributed by atoms with van der Waals surface area (Å²) >= 11 is 1.81. The van der Waals surface area contributed by atoms with Crippen LogP contribution in [0.4, 0.5) is 4.39 Å². The molecule has 2 unspecified atom stereocenters. The summed E-state index contributed by atoms with van der Waals surface area (Å²) in [4.78, 5) is 8.00. The van der Waals surface area contributed by atoms with Gasteiger partial charge in [0.05, 0.1) is 23.0 Å². The predicted molar refractivity (Wildman–Crippen MR) is 75.5 cm³/mol. The van der Waals surface area contributed by atoms with Crippen molar-refractivity contribution < 1.29 is 4.39 Å². The van der Waals surface area contributed by atoms with Gasteiger partial charge >= 0.3 is 0 Å². The first-order valence-corrected chi connectivity index (χ1v) is 6.71. The lowest BCUT2D eigenvalue weighted by Gasteiger charge is -2.13. The van der Waals surface area contributed by atoms with Crippen LogP contribution in [-0.2, 0) is 0 Å². The number of hydrogen-bond donors (Lipinski definition) is 0. The van der Waals surface area contributed by atoms with E-state index in [1.165, 1.54) is 17.8 Å². The van der Waals surface area contributed by atoms with Crippen LogP contribution in [0.15, 0.2) is 47.1 Å². The molecule has 1 aliphatic carbocycles. The second-order valence-corrected chi connectivity index (χ2v) is 5.26. The Kier molecular flexibility index (Phi) is 4.31. The molecule has 0 radical (unpaired) electrons. The van der Waals surface area contributed by atoms with E-state index in [1.807, 2.05) is 24.2 Å². The molecule has 3 rings (SSSR count). The van der Waals surface area contributed by atoms with Gasteiger partial charge in [0.25, 0.3) is 0 Å². The van der Waals surface area contributed by atoms with Crippen LogP contribution in [0.25, 0.3) is 0 Å². The Morgan fingerprint density at radius 3 is 2.78 bits per heavy atom. The highest BCUT2D eigenvalue weighted by Crippen LogP contribution is 2.28. The summed E-state index contributed by atoms with van der Waals surface area (Å²) < 4.78 is 12.0. The van der Waals surface area contributed by atoms with E-state index in [2.05, 4.69) is 35.1 Å². The van der Waals surface area contributed by atoms with E-state index in [-0.39, 0.29) is 5.82 Å². The number of fused-ring (bicyclic) bond motifs is 1. The van der Waals surface area contributed by atoms with Crippen molar-refractivity contribution in [2.75, 3.05) is 0 Å². The van der Waals surface area contributed by atoms with Gasteiger partial charge in [0, 0.05) is 5.69 Å². The molecule has 2 atom stereocenters. The van der Waals surface area contributed by atoms with Gasteiger partial charge in [0.15, 0.2) is 0 Å². The summed E-state index contributed by atoms with van der Waals surface area (Å²) in [6, 6.07) is 3.45. The number of hydrogen-bond acceptors (Lipinski definition) is 3. The van der Waals surface area contributed by atoms with Crippen LogP contribution < -0.4 is 0 Å². The SMILES string of the molecule is CC1=CC2SC=NC2C=C1.Cc1ccc(F)cn1. The van der Waals surface area contributed by atoms with Crippen molar-refractivity contribution in [1.29, 1.82) is 0 Å². The lowest BCUT2D eigenvalue weighted by Crippen LogP contribution is -2.14. The van der Waals surface area contributed by atoms with Crippen molar-refractivity contribution in [1.82, 2.24) is 4.98 Å². The molecule has 0 saturated heterocycles. The lowest BCUT2D eigenvalue weighted by molar-refractivity contribution is 0.620. The Bertz CT molecular complexity index is 470. The maximum atomic E-state index is 12.0. The second kappa shape index (κ2) is 5.96. The molecule has 1 aliphatic heterocycles. The number of thioether (sulfide) groups is 1. The van der Waals surface area contributed by atoms with Gasteiger partial charge in [-0.05, 0) is 26.0 Å². The molecular formula is C14H15FN2S. The summed E-state index contributed by atoms with van der Waals surface area (Å²) in [6.07, 6.45) is 7.80. The highest BCUT2D eigenvalue weighted by atomic mass is 32.2. The fraction of sp³-hybridized carbons (Fsp3) is 0.286. The van der Waals surface area contributed by atoms with E-state index in [4.69, 9.17) is 0 Å². The van der Waals surface area contributed by atoms with Crippen molar-refractivity contribution >= 4 is 17.3 Å². The van der Waals surface area contributed by atoms with Crippen molar-refractivity contribution in [3.05, 3.63) is 53.6 Å². The van der Waals surface area contributed by atoms with E-state index >= 15 is 0 Å². The number of rotatable bonds is 0. The van der Waals surface area contributed by atoms with Gasteiger partial charge in [0.1, 0.15) is 5.82 Å². The van der Waals surface area contributed by atoms with Crippen LogP contribution in [0.2, 0.25) is 0 Å². The van der Waals surface area contributed by atoms with Gasteiger partial charge in [-0.3, -0.25) is 9.98 Å². The first-order valence-electron chi connectivity index (χ1n) is 5.77. The topological polar surface area (TPSA) is 25.2 Å². The zero-order valence-electron chi connectivity index (χ0n) is 10.4. The Morgan fingerprint density at radius 2 is 2.11 bits per heavy atom. The Hall–Kier alpha value is -1.42. The normalized spacial score (nSPS) is 24.1. The average molecular weight is 262 g/mol. The number of nitrogens with zero attached hydrogens (tertiary/aromatic N) is 2. The summed E-state index contributed by atoms with van der Waals surface area (Å²) in [6.45, 7) is 3.95. The van der Waals surface area contributed by atoms with E-state index in [1.54, 1.807) is 6.07 Å². The summed E-state index contributed by atoms with van der Waals surface area (Å²) in [5.74, 6) is -0.282. The van der Waals surface area contributed by atoms with E-state index in [0.717, 1.165) is 5.69 Å². The molecular weight excluding hydrogens is 247 g/mol.